The third-order valence-corrected chi connectivity index (χ3v) is 5.65. The number of ether oxygens (including phenoxy) is 2. The van der Waals surface area contributed by atoms with Gasteiger partial charge in [-0.25, -0.2) is 9.37 Å². The fourth-order valence-corrected chi connectivity index (χ4v) is 4.25. The van der Waals surface area contributed by atoms with E-state index >= 15 is 0 Å². The molecule has 0 bridgehead atoms. The van der Waals surface area contributed by atoms with Crippen molar-refractivity contribution in [3.8, 4) is 10.9 Å². The molecular formula is C21H21FN2O3S. The molecule has 0 radical (unpaired) electrons. The van der Waals surface area contributed by atoms with Crippen LogP contribution in [0.25, 0.3) is 10.2 Å². The second kappa shape index (κ2) is 8.14. The van der Waals surface area contributed by atoms with E-state index < -0.39 is 0 Å². The van der Waals surface area contributed by atoms with Gasteiger partial charge in [0.05, 0.1) is 22.4 Å². The Balaban J connectivity index is 1.38. The zero-order valence-corrected chi connectivity index (χ0v) is 16.4. The summed E-state index contributed by atoms with van der Waals surface area (Å²) in [6.45, 7) is 3.65. The van der Waals surface area contributed by atoms with Crippen LogP contribution >= 0.6 is 11.3 Å². The minimum absolute atomic E-state index is 0.00315. The van der Waals surface area contributed by atoms with Crippen molar-refractivity contribution in [2.45, 2.75) is 25.9 Å². The van der Waals surface area contributed by atoms with Crippen LogP contribution in [-0.4, -0.2) is 41.6 Å². The maximum Gasteiger partial charge on any atom is 0.274 e. The molecule has 0 aliphatic carbocycles. The average Bonchev–Trinajstić information content (AvgIpc) is 3.10. The minimum Gasteiger partial charge on any atom is -0.493 e. The summed E-state index contributed by atoms with van der Waals surface area (Å²) in [7, 11) is 0. The van der Waals surface area contributed by atoms with Crippen LogP contribution in [0.1, 0.15) is 30.1 Å². The molecule has 146 valence electrons. The number of piperidine rings is 1. The first-order chi connectivity index (χ1) is 13.6. The minimum atomic E-state index is -0.276. The van der Waals surface area contributed by atoms with Crippen LogP contribution in [0.2, 0.25) is 0 Å². The highest BCUT2D eigenvalue weighted by molar-refractivity contribution is 7.20. The van der Waals surface area contributed by atoms with Gasteiger partial charge in [-0.2, -0.15) is 0 Å². The number of nitrogens with zero attached hydrogens (tertiary/aromatic N) is 2. The first kappa shape index (κ1) is 18.7. The molecule has 1 aromatic heterocycles. The Kier molecular flexibility index (Phi) is 5.43. The van der Waals surface area contributed by atoms with E-state index in [4.69, 9.17) is 9.47 Å². The lowest BCUT2D eigenvalue weighted by molar-refractivity contribution is 0.0592. The van der Waals surface area contributed by atoms with Crippen LogP contribution in [0.4, 0.5) is 4.39 Å². The zero-order chi connectivity index (χ0) is 19.5. The van der Waals surface area contributed by atoms with Crippen LogP contribution in [0.5, 0.6) is 10.9 Å². The molecule has 2 aromatic carbocycles. The van der Waals surface area contributed by atoms with E-state index in [1.807, 2.05) is 30.0 Å². The van der Waals surface area contributed by atoms with Gasteiger partial charge in [0.25, 0.3) is 11.1 Å². The van der Waals surface area contributed by atoms with Crippen molar-refractivity contribution in [3.63, 3.8) is 0 Å². The SMILES string of the molecule is CCOc1ccccc1C(=O)N1CCC(Oc2nc3ccc(F)cc3s2)CC1. The smallest absolute Gasteiger partial charge is 0.274 e. The molecule has 1 fully saturated rings. The largest absolute Gasteiger partial charge is 0.493 e. The lowest BCUT2D eigenvalue weighted by atomic mass is 10.1. The van der Waals surface area contributed by atoms with E-state index in [-0.39, 0.29) is 17.8 Å². The molecule has 5 nitrogen and oxygen atoms in total. The van der Waals surface area contributed by atoms with E-state index in [1.54, 1.807) is 12.1 Å². The number of likely N-dealkylation sites (tertiary alicyclic amines) is 1. The van der Waals surface area contributed by atoms with Gasteiger partial charge in [0.1, 0.15) is 17.7 Å². The van der Waals surface area contributed by atoms with E-state index in [2.05, 4.69) is 4.98 Å². The molecule has 1 amide bonds. The maximum absolute atomic E-state index is 13.3. The molecule has 0 saturated carbocycles. The van der Waals surface area contributed by atoms with Gasteiger partial charge in [-0.3, -0.25) is 4.79 Å². The standard InChI is InChI=1S/C21H21FN2O3S/c1-2-26-18-6-4-3-5-16(18)20(25)24-11-9-15(10-12-24)27-21-23-17-8-7-14(22)13-19(17)28-21/h3-8,13,15H,2,9-12H2,1H3. The number of aromatic nitrogens is 1. The fraction of sp³-hybridized carbons (Fsp3) is 0.333. The van der Waals surface area contributed by atoms with Gasteiger partial charge in [0.2, 0.25) is 0 Å². The summed E-state index contributed by atoms with van der Waals surface area (Å²) >= 11 is 1.35. The first-order valence-electron chi connectivity index (χ1n) is 9.38. The molecule has 7 heteroatoms. The van der Waals surface area contributed by atoms with E-state index in [1.165, 1.54) is 23.5 Å². The Morgan fingerprint density at radius 1 is 1.25 bits per heavy atom. The summed E-state index contributed by atoms with van der Waals surface area (Å²) in [5.41, 5.74) is 1.33. The molecule has 1 saturated heterocycles. The predicted molar refractivity (Wildman–Crippen MR) is 107 cm³/mol. The maximum atomic E-state index is 13.3. The number of para-hydroxylation sites is 1. The zero-order valence-electron chi connectivity index (χ0n) is 15.6. The van der Waals surface area contributed by atoms with E-state index in [0.717, 1.165) is 23.1 Å². The van der Waals surface area contributed by atoms with Crippen LogP contribution in [-0.2, 0) is 0 Å². The highest BCUT2D eigenvalue weighted by Gasteiger charge is 2.27. The quantitative estimate of drug-likeness (QED) is 0.632. The van der Waals surface area contributed by atoms with Crippen LogP contribution in [0, 0.1) is 5.82 Å². The lowest BCUT2D eigenvalue weighted by Crippen LogP contribution is -2.41. The van der Waals surface area contributed by atoms with Crippen molar-refractivity contribution in [3.05, 3.63) is 53.8 Å². The molecule has 0 N–H and O–H groups in total. The Hall–Kier alpha value is -2.67. The van der Waals surface area contributed by atoms with Crippen LogP contribution in [0.15, 0.2) is 42.5 Å². The number of hydrogen-bond donors (Lipinski definition) is 0. The summed E-state index contributed by atoms with van der Waals surface area (Å²) in [6.07, 6.45) is 1.45. The highest BCUT2D eigenvalue weighted by Crippen LogP contribution is 2.30. The monoisotopic (exact) mass is 400 g/mol. The molecule has 0 spiro atoms. The van der Waals surface area contributed by atoms with Crippen molar-refractivity contribution in [1.82, 2.24) is 9.88 Å². The molecule has 1 aliphatic rings. The number of amides is 1. The number of fused-ring (bicyclic) bond motifs is 1. The van der Waals surface area contributed by atoms with E-state index in [0.29, 0.717) is 36.2 Å². The normalized spacial score (nSPS) is 15.0. The van der Waals surface area contributed by atoms with Crippen molar-refractivity contribution in [1.29, 1.82) is 0 Å². The molecule has 1 aliphatic heterocycles. The number of carbonyl (C=O) groups excluding carboxylic acids is 1. The summed E-state index contributed by atoms with van der Waals surface area (Å²) in [6, 6.07) is 11.9. The molecule has 2 heterocycles. The van der Waals surface area contributed by atoms with Crippen LogP contribution < -0.4 is 9.47 Å². The Morgan fingerprint density at radius 3 is 2.82 bits per heavy atom. The second-order valence-corrected chi connectivity index (χ2v) is 7.62. The number of carbonyl (C=O) groups is 1. The second-order valence-electron chi connectivity index (χ2n) is 6.63. The Labute approximate surface area is 166 Å². The van der Waals surface area contributed by atoms with Gasteiger partial charge >= 0.3 is 0 Å². The summed E-state index contributed by atoms with van der Waals surface area (Å²) in [5.74, 6) is 0.329. The van der Waals surface area contributed by atoms with Gasteiger partial charge in [-0.1, -0.05) is 23.5 Å². The number of halogens is 1. The Morgan fingerprint density at radius 2 is 2.04 bits per heavy atom. The average molecular weight is 400 g/mol. The third-order valence-electron chi connectivity index (χ3n) is 4.74. The number of benzene rings is 2. The van der Waals surface area contributed by atoms with Gasteiger partial charge in [-0.05, 0) is 37.3 Å². The predicted octanol–water partition coefficient (Wildman–Crippen LogP) is 4.52. The lowest BCUT2D eigenvalue weighted by Gasteiger charge is -2.32. The van der Waals surface area contributed by atoms with Gasteiger partial charge in [0.15, 0.2) is 0 Å². The molecule has 3 aromatic rings. The first-order valence-corrected chi connectivity index (χ1v) is 10.2. The van der Waals surface area contributed by atoms with Crippen molar-refractivity contribution < 1.29 is 18.7 Å². The van der Waals surface area contributed by atoms with Crippen LogP contribution in [0.3, 0.4) is 0 Å². The van der Waals surface area contributed by atoms with Gasteiger partial charge in [0, 0.05) is 25.9 Å². The summed E-state index contributed by atoms with van der Waals surface area (Å²) in [4.78, 5) is 19.1. The molecular weight excluding hydrogens is 379 g/mol. The summed E-state index contributed by atoms with van der Waals surface area (Å²) < 4.78 is 25.7. The number of rotatable bonds is 5. The highest BCUT2D eigenvalue weighted by atomic mass is 32.1. The van der Waals surface area contributed by atoms with E-state index in [9.17, 15) is 9.18 Å². The topological polar surface area (TPSA) is 51.7 Å². The van der Waals surface area contributed by atoms with Crippen molar-refractivity contribution >= 4 is 27.5 Å². The van der Waals surface area contributed by atoms with Gasteiger partial charge < -0.3 is 14.4 Å². The fourth-order valence-electron chi connectivity index (χ4n) is 3.34. The number of hydrogen-bond acceptors (Lipinski definition) is 5. The Bertz CT molecular complexity index is 983. The van der Waals surface area contributed by atoms with Gasteiger partial charge in [-0.15, -0.1) is 0 Å². The third kappa shape index (κ3) is 3.94. The summed E-state index contributed by atoms with van der Waals surface area (Å²) in [5, 5.41) is 0.548. The number of thiazole rings is 1. The molecule has 0 atom stereocenters. The molecule has 4 rings (SSSR count). The van der Waals surface area contributed by atoms with Crippen molar-refractivity contribution in [2.24, 2.45) is 0 Å². The molecule has 0 unspecified atom stereocenters. The molecule has 28 heavy (non-hydrogen) atoms. The van der Waals surface area contributed by atoms with Crippen molar-refractivity contribution in [2.75, 3.05) is 19.7 Å².